The largest absolute Gasteiger partial charge is 0.323 e. The number of hydrogen-bond acceptors (Lipinski definition) is 3. The number of aryl methyl sites for hydroxylation is 1. The Kier molecular flexibility index (Phi) is 3.47. The molecular formula is C14H16ClN3O. The standard InChI is InChI=1S/C14H16ClN3O/c1-8-7-10(15)12(18-13(19)14(2,3)16)9-5-4-6-17-11(8)9/h4-7H,16H2,1-3H3,(H,18,19). The Morgan fingerprint density at radius 1 is 1.47 bits per heavy atom. The van der Waals surface area contributed by atoms with Gasteiger partial charge in [-0.15, -0.1) is 0 Å². The van der Waals surface area contributed by atoms with E-state index in [-0.39, 0.29) is 5.91 Å². The van der Waals surface area contributed by atoms with Gasteiger partial charge in [0.05, 0.1) is 21.8 Å². The molecule has 19 heavy (non-hydrogen) atoms. The topological polar surface area (TPSA) is 68.0 Å². The van der Waals surface area contributed by atoms with Crippen LogP contribution in [0.5, 0.6) is 0 Å². The zero-order chi connectivity index (χ0) is 14.2. The van der Waals surface area contributed by atoms with Gasteiger partial charge >= 0.3 is 0 Å². The molecule has 4 nitrogen and oxygen atoms in total. The monoisotopic (exact) mass is 277 g/mol. The van der Waals surface area contributed by atoms with E-state index < -0.39 is 5.54 Å². The van der Waals surface area contributed by atoms with Gasteiger partial charge < -0.3 is 11.1 Å². The van der Waals surface area contributed by atoms with Crippen molar-refractivity contribution in [2.75, 3.05) is 5.32 Å². The van der Waals surface area contributed by atoms with E-state index in [4.69, 9.17) is 17.3 Å². The third-order valence-corrected chi connectivity index (χ3v) is 3.15. The van der Waals surface area contributed by atoms with Crippen LogP contribution in [0, 0.1) is 6.92 Å². The minimum Gasteiger partial charge on any atom is -0.323 e. The third kappa shape index (κ3) is 2.69. The molecule has 0 atom stereocenters. The maximum absolute atomic E-state index is 12.0. The summed E-state index contributed by atoms with van der Waals surface area (Å²) in [5, 5.41) is 4.08. The Hall–Kier alpha value is -1.65. The van der Waals surface area contributed by atoms with Crippen LogP contribution in [-0.4, -0.2) is 16.4 Å². The summed E-state index contributed by atoms with van der Waals surface area (Å²) in [6, 6.07) is 5.47. The fourth-order valence-electron chi connectivity index (χ4n) is 1.78. The zero-order valence-corrected chi connectivity index (χ0v) is 11.9. The zero-order valence-electron chi connectivity index (χ0n) is 11.1. The molecule has 0 aliphatic carbocycles. The van der Waals surface area contributed by atoms with Crippen LogP contribution in [0.4, 0.5) is 5.69 Å². The fraction of sp³-hybridized carbons (Fsp3) is 0.286. The van der Waals surface area contributed by atoms with Crippen molar-refractivity contribution in [2.45, 2.75) is 26.3 Å². The number of nitrogens with two attached hydrogens (primary N) is 1. The van der Waals surface area contributed by atoms with Crippen molar-refractivity contribution in [1.82, 2.24) is 4.98 Å². The van der Waals surface area contributed by atoms with Crippen LogP contribution in [0.25, 0.3) is 10.9 Å². The van der Waals surface area contributed by atoms with Crippen LogP contribution < -0.4 is 11.1 Å². The Labute approximate surface area is 117 Å². The molecule has 0 unspecified atom stereocenters. The molecule has 1 aromatic heterocycles. The van der Waals surface area contributed by atoms with Crippen LogP contribution in [0.3, 0.4) is 0 Å². The minimum absolute atomic E-state index is 0.289. The lowest BCUT2D eigenvalue weighted by atomic mass is 10.0. The molecule has 0 aliphatic rings. The second kappa shape index (κ2) is 4.79. The van der Waals surface area contributed by atoms with Gasteiger partial charge in [0.1, 0.15) is 0 Å². The van der Waals surface area contributed by atoms with Crippen LogP contribution in [-0.2, 0) is 4.79 Å². The number of hydrogen-bond donors (Lipinski definition) is 2. The maximum Gasteiger partial charge on any atom is 0.243 e. The van der Waals surface area contributed by atoms with Crippen LogP contribution in [0.15, 0.2) is 24.4 Å². The first-order chi connectivity index (χ1) is 8.80. The predicted octanol–water partition coefficient (Wildman–Crippen LogP) is 2.87. The number of carbonyl (C=O) groups is 1. The highest BCUT2D eigenvalue weighted by Crippen LogP contribution is 2.32. The summed E-state index contributed by atoms with van der Waals surface area (Å²) in [7, 11) is 0. The van der Waals surface area contributed by atoms with Gasteiger partial charge in [-0.25, -0.2) is 0 Å². The van der Waals surface area contributed by atoms with Crippen LogP contribution in [0.2, 0.25) is 5.02 Å². The number of aromatic nitrogens is 1. The number of nitrogens with one attached hydrogen (secondary N) is 1. The quantitative estimate of drug-likeness (QED) is 0.887. The maximum atomic E-state index is 12.0. The lowest BCUT2D eigenvalue weighted by Crippen LogP contribution is -2.45. The number of halogens is 1. The lowest BCUT2D eigenvalue weighted by Gasteiger charge is -2.19. The lowest BCUT2D eigenvalue weighted by molar-refractivity contribution is -0.120. The first kappa shape index (κ1) is 13.8. The van der Waals surface area contributed by atoms with Crippen molar-refractivity contribution in [3.05, 3.63) is 35.0 Å². The molecule has 100 valence electrons. The van der Waals surface area contributed by atoms with E-state index in [1.54, 1.807) is 32.2 Å². The third-order valence-electron chi connectivity index (χ3n) is 2.86. The highest BCUT2D eigenvalue weighted by molar-refractivity contribution is 6.35. The number of amides is 1. The van der Waals surface area contributed by atoms with Gasteiger partial charge in [0.25, 0.3) is 0 Å². The minimum atomic E-state index is -0.969. The molecule has 2 rings (SSSR count). The van der Waals surface area contributed by atoms with Crippen LogP contribution in [0.1, 0.15) is 19.4 Å². The fourth-order valence-corrected chi connectivity index (χ4v) is 2.09. The molecule has 0 aliphatic heterocycles. The Balaban J connectivity index is 2.58. The summed E-state index contributed by atoms with van der Waals surface area (Å²) in [5.41, 5.74) is 7.15. The van der Waals surface area contributed by atoms with Gasteiger partial charge in [0.15, 0.2) is 0 Å². The molecule has 0 spiro atoms. The molecule has 2 aromatic rings. The normalized spacial score (nSPS) is 11.6. The van der Waals surface area contributed by atoms with Crippen molar-refractivity contribution in [1.29, 1.82) is 0 Å². The summed E-state index contributed by atoms with van der Waals surface area (Å²) >= 11 is 6.22. The highest BCUT2D eigenvalue weighted by Gasteiger charge is 2.23. The predicted molar refractivity (Wildman–Crippen MR) is 78.4 cm³/mol. The summed E-state index contributed by atoms with van der Waals surface area (Å²) in [4.78, 5) is 16.3. The number of benzene rings is 1. The SMILES string of the molecule is Cc1cc(Cl)c(NC(=O)C(C)(C)N)c2cccnc12. The van der Waals surface area contributed by atoms with E-state index in [1.807, 2.05) is 13.0 Å². The number of fused-ring (bicyclic) bond motifs is 1. The second-order valence-electron chi connectivity index (χ2n) is 5.13. The van der Waals surface area contributed by atoms with E-state index in [0.29, 0.717) is 10.7 Å². The van der Waals surface area contributed by atoms with Crippen molar-refractivity contribution < 1.29 is 4.79 Å². The van der Waals surface area contributed by atoms with E-state index in [2.05, 4.69) is 10.3 Å². The molecule has 5 heteroatoms. The Morgan fingerprint density at radius 2 is 2.16 bits per heavy atom. The van der Waals surface area contributed by atoms with Crippen molar-refractivity contribution in [3.8, 4) is 0 Å². The molecule has 0 saturated heterocycles. The van der Waals surface area contributed by atoms with Gasteiger partial charge in [-0.2, -0.15) is 0 Å². The van der Waals surface area contributed by atoms with Gasteiger partial charge in [-0.3, -0.25) is 9.78 Å². The number of carbonyl (C=O) groups excluding carboxylic acids is 1. The summed E-state index contributed by atoms with van der Waals surface area (Å²) in [5.74, 6) is -0.289. The summed E-state index contributed by atoms with van der Waals surface area (Å²) in [6.07, 6.45) is 1.71. The average molecular weight is 278 g/mol. The van der Waals surface area contributed by atoms with E-state index >= 15 is 0 Å². The molecule has 1 heterocycles. The molecule has 0 saturated carbocycles. The first-order valence-corrected chi connectivity index (χ1v) is 6.32. The second-order valence-corrected chi connectivity index (χ2v) is 5.53. The number of nitrogens with zero attached hydrogens (tertiary/aromatic N) is 1. The molecule has 1 amide bonds. The van der Waals surface area contributed by atoms with Crippen LogP contribution >= 0.6 is 11.6 Å². The number of anilines is 1. The van der Waals surface area contributed by atoms with Crippen molar-refractivity contribution in [3.63, 3.8) is 0 Å². The van der Waals surface area contributed by atoms with E-state index in [0.717, 1.165) is 16.5 Å². The number of rotatable bonds is 2. The molecule has 1 aromatic carbocycles. The van der Waals surface area contributed by atoms with Crippen molar-refractivity contribution in [2.24, 2.45) is 5.73 Å². The molecule has 0 radical (unpaired) electrons. The van der Waals surface area contributed by atoms with Crippen molar-refractivity contribution >= 4 is 34.1 Å². The Bertz CT molecular complexity index is 647. The summed E-state index contributed by atoms with van der Waals surface area (Å²) < 4.78 is 0. The Morgan fingerprint density at radius 3 is 2.79 bits per heavy atom. The smallest absolute Gasteiger partial charge is 0.243 e. The van der Waals surface area contributed by atoms with E-state index in [9.17, 15) is 4.79 Å². The molecule has 0 fully saturated rings. The van der Waals surface area contributed by atoms with Gasteiger partial charge in [0, 0.05) is 11.6 Å². The molecular weight excluding hydrogens is 262 g/mol. The number of pyridine rings is 1. The highest BCUT2D eigenvalue weighted by atomic mass is 35.5. The average Bonchev–Trinajstić information content (AvgIpc) is 2.33. The van der Waals surface area contributed by atoms with Gasteiger partial charge in [0.2, 0.25) is 5.91 Å². The van der Waals surface area contributed by atoms with Gasteiger partial charge in [-0.1, -0.05) is 11.6 Å². The summed E-state index contributed by atoms with van der Waals surface area (Å²) in [6.45, 7) is 5.22. The molecule has 3 N–H and O–H groups in total. The molecule has 0 bridgehead atoms. The van der Waals surface area contributed by atoms with E-state index in [1.165, 1.54) is 0 Å². The first-order valence-electron chi connectivity index (χ1n) is 5.95. The van der Waals surface area contributed by atoms with Gasteiger partial charge in [-0.05, 0) is 44.5 Å².